The van der Waals surface area contributed by atoms with Crippen molar-refractivity contribution in [1.29, 1.82) is 0 Å². The second kappa shape index (κ2) is 10.7. The van der Waals surface area contributed by atoms with Gasteiger partial charge in [0.05, 0.1) is 34.6 Å². The first-order chi connectivity index (χ1) is 20.2. The van der Waals surface area contributed by atoms with Gasteiger partial charge in [0, 0.05) is 15.4 Å². The Morgan fingerprint density at radius 3 is 2.37 bits per heavy atom. The summed E-state index contributed by atoms with van der Waals surface area (Å²) in [5.74, 6) is -5.65. The molecule has 14 heteroatoms. The highest BCUT2D eigenvalue weighted by Crippen LogP contribution is 2.67. The number of benzene rings is 2. The second-order valence-electron chi connectivity index (χ2n) is 11.1. The number of likely N-dealkylation sites (tertiary alicyclic amines) is 1. The Kier molecular flexibility index (Phi) is 7.82. The van der Waals surface area contributed by atoms with Gasteiger partial charge in [-0.2, -0.15) is 0 Å². The van der Waals surface area contributed by atoms with E-state index in [-0.39, 0.29) is 40.2 Å². The summed E-state index contributed by atoms with van der Waals surface area (Å²) in [4.78, 5) is 53.9. The highest BCUT2D eigenvalue weighted by molar-refractivity contribution is 9.13. The third kappa shape index (κ3) is 4.10. The average Bonchev–Trinajstić information content (AvgIpc) is 3.31. The fourth-order valence-corrected chi connectivity index (χ4v) is 9.60. The van der Waals surface area contributed by atoms with Crippen LogP contribution in [-0.4, -0.2) is 55.9 Å². The summed E-state index contributed by atoms with van der Waals surface area (Å²) in [6.45, 7) is 1.82. The first kappa shape index (κ1) is 31.4. The van der Waals surface area contributed by atoms with Crippen molar-refractivity contribution in [3.63, 3.8) is 0 Å². The SMILES string of the molecule is COc1cc([C@H]2C3=CC[C@@H]4C(=O)N(c5ccc(C)c(Cl)c5)C(=O)[C@@H]4[C@@H]3C[C@@]3(Cl)C(=O)N(CBr)C(=O)[C@@]23Cl)c(Br)c(Br)c1O. The molecular formula is C29H22Br3Cl3N2O6. The summed E-state index contributed by atoms with van der Waals surface area (Å²) in [7, 11) is 1.38. The number of rotatable bonds is 4. The number of amides is 4. The number of halogens is 6. The van der Waals surface area contributed by atoms with Crippen LogP contribution in [0.1, 0.15) is 29.9 Å². The van der Waals surface area contributed by atoms with E-state index in [1.165, 1.54) is 13.2 Å². The van der Waals surface area contributed by atoms with Crippen LogP contribution in [0.4, 0.5) is 5.69 Å². The molecule has 6 rings (SSSR count). The molecular weight excluding hydrogens is 818 g/mol. The standard InChI is InChI=1S/C29H22Br3Cl3N2O6/c1-11-3-4-12(7-17(11)33)37-24(39)14-6-5-13-16(19(14)25(37)40)9-28(34)26(41)36(10-30)27(42)29(28,35)20(13)15-8-18(43-2)23(38)22(32)21(15)31/h3-5,7-8,14,16,19-20,38H,6,9-10H2,1-2H3/t14-,16+,19-,20+,28+,29-/m0/s1. The topological polar surface area (TPSA) is 104 Å². The Morgan fingerprint density at radius 2 is 1.74 bits per heavy atom. The average molecular weight is 841 g/mol. The molecule has 226 valence electrons. The van der Waals surface area contributed by atoms with Crippen LogP contribution in [0.25, 0.3) is 0 Å². The number of imide groups is 2. The van der Waals surface area contributed by atoms with Crippen LogP contribution in [0.15, 0.2) is 44.9 Å². The molecule has 3 fully saturated rings. The number of alkyl halides is 3. The van der Waals surface area contributed by atoms with Crippen LogP contribution in [0.2, 0.25) is 5.02 Å². The highest BCUT2D eigenvalue weighted by atomic mass is 79.9. The quantitative estimate of drug-likeness (QED) is 0.157. The molecule has 0 bridgehead atoms. The number of phenols is 1. The molecule has 2 aliphatic heterocycles. The number of hydrogen-bond donors (Lipinski definition) is 1. The number of methoxy groups -OCH3 is 1. The number of aromatic hydroxyl groups is 1. The molecule has 1 N–H and O–H groups in total. The van der Waals surface area contributed by atoms with E-state index < -0.39 is 51.1 Å². The molecule has 4 amide bonds. The Morgan fingerprint density at radius 1 is 1.05 bits per heavy atom. The van der Waals surface area contributed by atoms with Gasteiger partial charge < -0.3 is 9.84 Å². The Labute approximate surface area is 287 Å². The fourth-order valence-electron chi connectivity index (χ4n) is 7.05. The minimum atomic E-state index is -2.01. The number of aryl methyl sites for hydroxylation is 1. The molecule has 2 saturated heterocycles. The van der Waals surface area contributed by atoms with E-state index in [0.29, 0.717) is 26.3 Å². The first-order valence-electron chi connectivity index (χ1n) is 13.1. The molecule has 2 heterocycles. The van der Waals surface area contributed by atoms with Crippen molar-refractivity contribution in [1.82, 2.24) is 4.90 Å². The van der Waals surface area contributed by atoms with E-state index in [9.17, 15) is 24.3 Å². The maximum absolute atomic E-state index is 14.2. The van der Waals surface area contributed by atoms with Crippen molar-refractivity contribution in [3.8, 4) is 11.5 Å². The maximum atomic E-state index is 14.2. The molecule has 6 atom stereocenters. The number of ether oxygens (including phenoxy) is 1. The molecule has 2 aromatic carbocycles. The molecule has 0 unspecified atom stereocenters. The van der Waals surface area contributed by atoms with E-state index in [1.54, 1.807) is 18.2 Å². The van der Waals surface area contributed by atoms with E-state index in [2.05, 4.69) is 47.8 Å². The Balaban J connectivity index is 1.56. The molecule has 8 nitrogen and oxygen atoms in total. The third-order valence-corrected chi connectivity index (χ3v) is 13.6. The van der Waals surface area contributed by atoms with Crippen molar-refractivity contribution in [2.45, 2.75) is 35.4 Å². The Hall–Kier alpha value is -1.63. The van der Waals surface area contributed by atoms with E-state index in [0.717, 1.165) is 15.4 Å². The molecule has 1 saturated carbocycles. The van der Waals surface area contributed by atoms with Crippen molar-refractivity contribution >= 4 is 112 Å². The van der Waals surface area contributed by atoms with Gasteiger partial charge in [-0.15, -0.1) is 23.2 Å². The number of anilines is 1. The number of hydrogen-bond acceptors (Lipinski definition) is 6. The molecule has 0 radical (unpaired) electrons. The monoisotopic (exact) mass is 836 g/mol. The van der Waals surface area contributed by atoms with Crippen LogP contribution in [0.3, 0.4) is 0 Å². The maximum Gasteiger partial charge on any atom is 0.254 e. The van der Waals surface area contributed by atoms with Gasteiger partial charge in [-0.25, -0.2) is 4.90 Å². The number of carbonyl (C=O) groups is 4. The predicted molar refractivity (Wildman–Crippen MR) is 172 cm³/mol. The lowest BCUT2D eigenvalue weighted by Gasteiger charge is -2.51. The van der Waals surface area contributed by atoms with Gasteiger partial charge in [0.1, 0.15) is 0 Å². The summed E-state index contributed by atoms with van der Waals surface area (Å²) in [6.07, 6.45) is 1.89. The molecule has 2 aromatic rings. The lowest BCUT2D eigenvalue weighted by atomic mass is 9.56. The van der Waals surface area contributed by atoms with Crippen LogP contribution in [-0.2, 0) is 19.2 Å². The van der Waals surface area contributed by atoms with Gasteiger partial charge in [0.25, 0.3) is 11.8 Å². The number of nitrogens with zero attached hydrogens (tertiary/aromatic N) is 2. The molecule has 4 aliphatic rings. The predicted octanol–water partition coefficient (Wildman–Crippen LogP) is 6.80. The normalized spacial score (nSPS) is 31.7. The summed E-state index contributed by atoms with van der Waals surface area (Å²) >= 11 is 31.1. The van der Waals surface area contributed by atoms with Crippen molar-refractivity contribution < 1.29 is 29.0 Å². The third-order valence-electron chi connectivity index (χ3n) is 9.13. The van der Waals surface area contributed by atoms with E-state index in [4.69, 9.17) is 39.5 Å². The van der Waals surface area contributed by atoms with Crippen LogP contribution < -0.4 is 9.64 Å². The summed E-state index contributed by atoms with van der Waals surface area (Å²) in [5.41, 5.74) is 2.03. The van der Waals surface area contributed by atoms with Gasteiger partial charge in [-0.1, -0.05) is 45.2 Å². The fraction of sp³-hybridized carbons (Fsp3) is 0.379. The van der Waals surface area contributed by atoms with Crippen LogP contribution in [0, 0.1) is 24.7 Å². The van der Waals surface area contributed by atoms with Crippen molar-refractivity contribution in [2.24, 2.45) is 17.8 Å². The minimum absolute atomic E-state index is 0.0885. The zero-order valence-corrected chi connectivity index (χ0v) is 29.5. The van der Waals surface area contributed by atoms with Gasteiger partial charge >= 0.3 is 0 Å². The Bertz CT molecular complexity index is 1690. The van der Waals surface area contributed by atoms with Gasteiger partial charge in [-0.05, 0) is 86.9 Å². The molecule has 2 aliphatic carbocycles. The van der Waals surface area contributed by atoms with Crippen molar-refractivity contribution in [2.75, 3.05) is 17.5 Å². The molecule has 0 spiro atoms. The highest BCUT2D eigenvalue weighted by Gasteiger charge is 2.76. The largest absolute Gasteiger partial charge is 0.503 e. The van der Waals surface area contributed by atoms with E-state index in [1.807, 2.05) is 13.0 Å². The minimum Gasteiger partial charge on any atom is -0.503 e. The van der Waals surface area contributed by atoms with Gasteiger partial charge in [0.15, 0.2) is 21.2 Å². The van der Waals surface area contributed by atoms with Crippen LogP contribution >= 0.6 is 82.6 Å². The van der Waals surface area contributed by atoms with Crippen LogP contribution in [0.5, 0.6) is 11.5 Å². The van der Waals surface area contributed by atoms with E-state index >= 15 is 0 Å². The summed E-state index contributed by atoms with van der Waals surface area (Å²) in [5, 5.41) is 11.1. The zero-order valence-electron chi connectivity index (χ0n) is 22.5. The summed E-state index contributed by atoms with van der Waals surface area (Å²) in [6, 6.07) is 6.52. The molecule has 0 aromatic heterocycles. The van der Waals surface area contributed by atoms with Crippen molar-refractivity contribution in [3.05, 3.63) is 61.0 Å². The molecule has 43 heavy (non-hydrogen) atoms. The smallest absolute Gasteiger partial charge is 0.254 e. The lowest BCUT2D eigenvalue weighted by molar-refractivity contribution is -0.138. The van der Waals surface area contributed by atoms with Gasteiger partial charge in [0.2, 0.25) is 11.8 Å². The number of phenolic OH excluding ortho intramolecular Hbond substituents is 1. The summed E-state index contributed by atoms with van der Waals surface area (Å²) < 4.78 is 6.01. The number of carbonyl (C=O) groups excluding carboxylic acids is 4. The number of fused-ring (bicyclic) bond motifs is 4. The lowest BCUT2D eigenvalue weighted by Crippen LogP contribution is -2.60. The van der Waals surface area contributed by atoms with Gasteiger partial charge in [-0.3, -0.25) is 24.1 Å². The first-order valence-corrected chi connectivity index (χ1v) is 17.0. The zero-order chi connectivity index (χ0) is 31.3. The second-order valence-corrected chi connectivity index (χ2v) is 14.8. The number of allylic oxidation sites excluding steroid dienone is 2.